The fourth-order valence-corrected chi connectivity index (χ4v) is 3.47. The minimum atomic E-state index is 0.00146. The number of hydrogen-bond acceptors (Lipinski definition) is 3. The van der Waals surface area contributed by atoms with Gasteiger partial charge in [-0.25, -0.2) is 0 Å². The Morgan fingerprint density at radius 2 is 2.00 bits per heavy atom. The Hall–Kier alpha value is -2.10. The summed E-state index contributed by atoms with van der Waals surface area (Å²) in [6.45, 7) is 2.91. The normalized spacial score (nSPS) is 24.7. The lowest BCUT2D eigenvalue weighted by molar-refractivity contribution is 0.0731. The van der Waals surface area contributed by atoms with E-state index in [9.17, 15) is 4.79 Å². The lowest BCUT2D eigenvalue weighted by Crippen LogP contribution is -2.35. The molecule has 4 heteroatoms. The molecule has 2 fully saturated rings. The van der Waals surface area contributed by atoms with Gasteiger partial charge < -0.3 is 9.42 Å². The summed E-state index contributed by atoms with van der Waals surface area (Å²) in [6.07, 6.45) is 3.31. The molecule has 2 aliphatic rings. The van der Waals surface area contributed by atoms with Gasteiger partial charge in [-0.3, -0.25) is 4.79 Å². The zero-order chi connectivity index (χ0) is 15.1. The molecule has 1 aliphatic heterocycles. The van der Waals surface area contributed by atoms with Crippen molar-refractivity contribution in [3.63, 3.8) is 0 Å². The molecule has 1 aromatic carbocycles. The summed E-state index contributed by atoms with van der Waals surface area (Å²) >= 11 is 0. The van der Waals surface area contributed by atoms with Gasteiger partial charge in [0.15, 0.2) is 5.69 Å². The number of benzene rings is 1. The standard InChI is InChI=1S/C18H20N2O2/c1-12-15(13-5-3-2-4-6-13)9-10-20(12)18(21)16-11-17(22-19-16)14-7-8-14/h2-6,11-12,14-15H,7-10H2,1H3/t12-,15+/m0/s1. The van der Waals surface area contributed by atoms with Crippen LogP contribution in [0.4, 0.5) is 0 Å². The van der Waals surface area contributed by atoms with E-state index < -0.39 is 0 Å². The van der Waals surface area contributed by atoms with Crippen LogP contribution in [0.15, 0.2) is 40.9 Å². The third kappa shape index (κ3) is 2.32. The van der Waals surface area contributed by atoms with Crippen LogP contribution >= 0.6 is 0 Å². The molecule has 2 aromatic rings. The first-order chi connectivity index (χ1) is 10.7. The number of amides is 1. The molecular formula is C18H20N2O2. The highest BCUT2D eigenvalue weighted by molar-refractivity contribution is 5.92. The maximum Gasteiger partial charge on any atom is 0.276 e. The average molecular weight is 296 g/mol. The second-order valence-corrected chi connectivity index (χ2v) is 6.43. The molecule has 0 bridgehead atoms. The van der Waals surface area contributed by atoms with E-state index in [-0.39, 0.29) is 11.9 Å². The second-order valence-electron chi connectivity index (χ2n) is 6.43. The molecule has 0 unspecified atom stereocenters. The van der Waals surface area contributed by atoms with Crippen molar-refractivity contribution in [2.24, 2.45) is 0 Å². The zero-order valence-electron chi connectivity index (χ0n) is 12.7. The Balaban J connectivity index is 1.51. The van der Waals surface area contributed by atoms with Gasteiger partial charge in [-0.15, -0.1) is 0 Å². The summed E-state index contributed by atoms with van der Waals surface area (Å²) < 4.78 is 5.32. The Morgan fingerprint density at radius 3 is 2.73 bits per heavy atom. The first kappa shape index (κ1) is 13.6. The van der Waals surface area contributed by atoms with E-state index in [0.717, 1.165) is 31.6 Å². The van der Waals surface area contributed by atoms with E-state index >= 15 is 0 Å². The number of hydrogen-bond donors (Lipinski definition) is 0. The fraction of sp³-hybridized carbons (Fsp3) is 0.444. The van der Waals surface area contributed by atoms with Crippen LogP contribution in [0.25, 0.3) is 0 Å². The van der Waals surface area contributed by atoms with Crippen LogP contribution in [0.2, 0.25) is 0 Å². The number of rotatable bonds is 3. The van der Waals surface area contributed by atoms with Gasteiger partial charge in [0.05, 0.1) is 0 Å². The minimum absolute atomic E-state index is 0.00146. The maximum absolute atomic E-state index is 12.7. The molecule has 114 valence electrons. The van der Waals surface area contributed by atoms with Gasteiger partial charge in [-0.05, 0) is 31.7 Å². The molecule has 0 N–H and O–H groups in total. The molecular weight excluding hydrogens is 276 g/mol. The number of nitrogens with zero attached hydrogens (tertiary/aromatic N) is 2. The molecule has 0 spiro atoms. The average Bonchev–Trinajstić information content (AvgIpc) is 3.15. The van der Waals surface area contributed by atoms with Crippen LogP contribution < -0.4 is 0 Å². The molecule has 2 heterocycles. The second kappa shape index (κ2) is 5.27. The Morgan fingerprint density at radius 1 is 1.23 bits per heavy atom. The van der Waals surface area contributed by atoms with Gasteiger partial charge in [0, 0.05) is 30.5 Å². The molecule has 1 aromatic heterocycles. The van der Waals surface area contributed by atoms with Crippen molar-refractivity contribution in [3.8, 4) is 0 Å². The SMILES string of the molecule is C[C@H]1[C@H](c2ccccc2)CCN1C(=O)c1cc(C2CC2)on1. The minimum Gasteiger partial charge on any atom is -0.360 e. The van der Waals surface area contributed by atoms with Gasteiger partial charge in [0.2, 0.25) is 0 Å². The Labute approximate surface area is 130 Å². The molecule has 1 saturated heterocycles. The zero-order valence-corrected chi connectivity index (χ0v) is 12.7. The van der Waals surface area contributed by atoms with Crippen LogP contribution in [-0.2, 0) is 0 Å². The third-order valence-electron chi connectivity index (χ3n) is 4.97. The predicted molar refractivity (Wildman–Crippen MR) is 82.8 cm³/mol. The molecule has 4 nitrogen and oxygen atoms in total. The number of likely N-dealkylation sites (tertiary alicyclic amines) is 1. The molecule has 1 saturated carbocycles. The van der Waals surface area contributed by atoms with Crippen LogP contribution in [0.1, 0.15) is 59.8 Å². The van der Waals surface area contributed by atoms with Gasteiger partial charge in [0.25, 0.3) is 5.91 Å². The highest BCUT2D eigenvalue weighted by Crippen LogP contribution is 2.40. The summed E-state index contributed by atoms with van der Waals surface area (Å²) in [5.74, 6) is 1.76. The van der Waals surface area contributed by atoms with Gasteiger partial charge in [-0.1, -0.05) is 35.5 Å². The van der Waals surface area contributed by atoms with E-state index in [0.29, 0.717) is 17.5 Å². The molecule has 2 atom stereocenters. The van der Waals surface area contributed by atoms with Crippen molar-refractivity contribution in [1.82, 2.24) is 10.1 Å². The summed E-state index contributed by atoms with van der Waals surface area (Å²) in [4.78, 5) is 14.6. The quantitative estimate of drug-likeness (QED) is 0.870. The molecule has 4 rings (SSSR count). The Bertz CT molecular complexity index is 675. The topological polar surface area (TPSA) is 46.3 Å². The first-order valence-electron chi connectivity index (χ1n) is 8.06. The largest absolute Gasteiger partial charge is 0.360 e. The van der Waals surface area contributed by atoms with Gasteiger partial charge in [0.1, 0.15) is 5.76 Å². The third-order valence-corrected chi connectivity index (χ3v) is 4.97. The van der Waals surface area contributed by atoms with Crippen molar-refractivity contribution >= 4 is 5.91 Å². The predicted octanol–water partition coefficient (Wildman–Crippen LogP) is 3.57. The van der Waals surface area contributed by atoms with E-state index in [4.69, 9.17) is 4.52 Å². The lowest BCUT2D eigenvalue weighted by Gasteiger charge is -2.24. The lowest BCUT2D eigenvalue weighted by atomic mass is 9.93. The van der Waals surface area contributed by atoms with E-state index in [1.165, 1.54) is 5.56 Å². The highest BCUT2D eigenvalue weighted by atomic mass is 16.5. The molecule has 22 heavy (non-hydrogen) atoms. The molecule has 1 aliphatic carbocycles. The van der Waals surface area contributed by atoms with Gasteiger partial charge in [-0.2, -0.15) is 0 Å². The Kier molecular flexibility index (Phi) is 3.25. The number of carbonyl (C=O) groups excluding carboxylic acids is 1. The van der Waals surface area contributed by atoms with Crippen LogP contribution in [0.3, 0.4) is 0 Å². The monoisotopic (exact) mass is 296 g/mol. The summed E-state index contributed by atoms with van der Waals surface area (Å²) in [6, 6.07) is 12.5. The van der Waals surface area contributed by atoms with Crippen LogP contribution in [0.5, 0.6) is 0 Å². The van der Waals surface area contributed by atoms with Gasteiger partial charge >= 0.3 is 0 Å². The van der Waals surface area contributed by atoms with Crippen molar-refractivity contribution in [1.29, 1.82) is 0 Å². The maximum atomic E-state index is 12.7. The van der Waals surface area contributed by atoms with Crippen LogP contribution in [-0.4, -0.2) is 28.6 Å². The fourth-order valence-electron chi connectivity index (χ4n) is 3.47. The van der Waals surface area contributed by atoms with E-state index in [1.807, 2.05) is 17.0 Å². The molecule has 1 amide bonds. The number of aromatic nitrogens is 1. The smallest absolute Gasteiger partial charge is 0.276 e. The van der Waals surface area contributed by atoms with Crippen molar-refractivity contribution in [2.75, 3.05) is 6.54 Å². The highest BCUT2D eigenvalue weighted by Gasteiger charge is 2.37. The van der Waals surface area contributed by atoms with E-state index in [2.05, 4.69) is 36.3 Å². The summed E-state index contributed by atoms with van der Waals surface area (Å²) in [5.41, 5.74) is 1.77. The van der Waals surface area contributed by atoms with Crippen molar-refractivity contribution < 1.29 is 9.32 Å². The first-order valence-corrected chi connectivity index (χ1v) is 8.06. The molecule has 0 radical (unpaired) electrons. The van der Waals surface area contributed by atoms with E-state index in [1.54, 1.807) is 0 Å². The van der Waals surface area contributed by atoms with Crippen molar-refractivity contribution in [2.45, 2.75) is 44.1 Å². The summed E-state index contributed by atoms with van der Waals surface area (Å²) in [7, 11) is 0. The number of carbonyl (C=O) groups is 1. The van der Waals surface area contributed by atoms with Crippen molar-refractivity contribution in [3.05, 3.63) is 53.4 Å². The van der Waals surface area contributed by atoms with Crippen LogP contribution in [0, 0.1) is 0 Å². The summed E-state index contributed by atoms with van der Waals surface area (Å²) in [5, 5.41) is 3.99.